The lowest BCUT2D eigenvalue weighted by Crippen LogP contribution is -2.56. The molecule has 0 radical (unpaired) electrons. The van der Waals surface area contributed by atoms with Crippen molar-refractivity contribution in [3.63, 3.8) is 0 Å². The van der Waals surface area contributed by atoms with E-state index < -0.39 is 0 Å². The molecule has 2 aliphatic rings. The van der Waals surface area contributed by atoms with Gasteiger partial charge in [-0.3, -0.25) is 29.5 Å². The first-order valence-corrected chi connectivity index (χ1v) is 7.39. The molecule has 22 heavy (non-hydrogen) atoms. The van der Waals surface area contributed by atoms with Gasteiger partial charge in [0.1, 0.15) is 0 Å². The van der Waals surface area contributed by atoms with Crippen LogP contribution in [0.2, 0.25) is 0 Å². The second kappa shape index (κ2) is 6.97. The molecule has 0 saturated carbocycles. The molecule has 0 aromatic rings. The summed E-state index contributed by atoms with van der Waals surface area (Å²) >= 11 is 0. The summed E-state index contributed by atoms with van der Waals surface area (Å²) in [6.45, 7) is 7.33. The van der Waals surface area contributed by atoms with Gasteiger partial charge in [-0.05, 0) is 20.8 Å². The Kier molecular flexibility index (Phi) is 5.25. The molecule has 8 heteroatoms. The van der Waals surface area contributed by atoms with Crippen LogP contribution in [0.3, 0.4) is 0 Å². The van der Waals surface area contributed by atoms with Crippen LogP contribution in [0.15, 0.2) is 4.99 Å². The maximum atomic E-state index is 11.7. The second-order valence-electron chi connectivity index (χ2n) is 5.96. The van der Waals surface area contributed by atoms with E-state index in [2.05, 4.69) is 10.3 Å². The Morgan fingerprint density at radius 2 is 1.73 bits per heavy atom. The lowest BCUT2D eigenvalue weighted by atomic mass is 10.2. The fraction of sp³-hybridized carbons (Fsp3) is 0.714. The third kappa shape index (κ3) is 4.60. The zero-order chi connectivity index (χ0) is 16.3. The van der Waals surface area contributed by atoms with E-state index in [0.717, 1.165) is 0 Å². The van der Waals surface area contributed by atoms with Gasteiger partial charge in [0, 0.05) is 12.6 Å². The summed E-state index contributed by atoms with van der Waals surface area (Å²) in [5.41, 5.74) is 0. The average molecular weight is 310 g/mol. The maximum Gasteiger partial charge on any atom is 0.262 e. The van der Waals surface area contributed by atoms with Gasteiger partial charge in [-0.1, -0.05) is 0 Å². The van der Waals surface area contributed by atoms with Gasteiger partial charge in [0.2, 0.25) is 17.7 Å². The highest BCUT2D eigenvalue weighted by atomic mass is 16.5. The zero-order valence-corrected chi connectivity index (χ0v) is 13.2. The summed E-state index contributed by atoms with van der Waals surface area (Å²) in [5, 5.41) is 2.27. The topological polar surface area (TPSA) is 91.3 Å². The van der Waals surface area contributed by atoms with Gasteiger partial charge in [0.05, 0.1) is 32.3 Å². The Labute approximate surface area is 129 Å². The molecular weight excluding hydrogens is 288 g/mol. The fourth-order valence-electron chi connectivity index (χ4n) is 2.58. The lowest BCUT2D eigenvalue weighted by molar-refractivity contribution is -0.136. The molecule has 2 heterocycles. The molecule has 0 aromatic heterocycles. The predicted molar refractivity (Wildman–Crippen MR) is 79.3 cm³/mol. The van der Waals surface area contributed by atoms with Gasteiger partial charge in [-0.25, -0.2) is 0 Å². The Hall–Kier alpha value is -1.80. The standard InChI is InChI=1S/C14H22N4O4/c1-9(2)22-14-8-18(7-13(21)16-14)10(3)4-17-5-11(19)15-12(20)6-17/h9-10H,4-8H2,1-3H3,(H,15,19,20). The Balaban J connectivity index is 1.93. The molecule has 0 bridgehead atoms. The molecule has 1 atom stereocenters. The van der Waals surface area contributed by atoms with Gasteiger partial charge in [-0.2, -0.15) is 4.99 Å². The minimum atomic E-state index is -0.288. The third-order valence-corrected chi connectivity index (χ3v) is 3.46. The number of imide groups is 1. The molecule has 1 saturated heterocycles. The average Bonchev–Trinajstić information content (AvgIpc) is 2.35. The van der Waals surface area contributed by atoms with Crippen molar-refractivity contribution < 1.29 is 19.1 Å². The van der Waals surface area contributed by atoms with Crippen molar-refractivity contribution in [2.24, 2.45) is 4.99 Å². The van der Waals surface area contributed by atoms with Crippen LogP contribution in [-0.4, -0.2) is 78.3 Å². The van der Waals surface area contributed by atoms with E-state index in [4.69, 9.17) is 4.74 Å². The number of hydrogen-bond donors (Lipinski definition) is 1. The number of nitrogens with one attached hydrogen (secondary N) is 1. The molecule has 0 aromatic carbocycles. The van der Waals surface area contributed by atoms with E-state index in [1.807, 2.05) is 25.7 Å². The van der Waals surface area contributed by atoms with Crippen molar-refractivity contribution in [3.05, 3.63) is 0 Å². The summed E-state index contributed by atoms with van der Waals surface area (Å²) in [6.07, 6.45) is -0.0368. The summed E-state index contributed by atoms with van der Waals surface area (Å²) in [4.78, 5) is 42.1. The number of aliphatic imine (C=N–C) groups is 1. The first-order valence-electron chi connectivity index (χ1n) is 7.39. The van der Waals surface area contributed by atoms with Gasteiger partial charge < -0.3 is 4.74 Å². The van der Waals surface area contributed by atoms with E-state index in [9.17, 15) is 14.4 Å². The van der Waals surface area contributed by atoms with Crippen LogP contribution in [0.1, 0.15) is 20.8 Å². The molecule has 122 valence electrons. The highest BCUT2D eigenvalue weighted by molar-refractivity contribution is 5.99. The molecule has 2 aliphatic heterocycles. The van der Waals surface area contributed by atoms with Crippen LogP contribution >= 0.6 is 0 Å². The summed E-state index contributed by atoms with van der Waals surface area (Å²) in [5.74, 6) is -0.390. The molecule has 1 fully saturated rings. The van der Waals surface area contributed by atoms with Crippen molar-refractivity contribution in [1.29, 1.82) is 0 Å². The van der Waals surface area contributed by atoms with E-state index >= 15 is 0 Å². The summed E-state index contributed by atoms with van der Waals surface area (Å²) in [6, 6.07) is 0.00362. The van der Waals surface area contributed by atoms with Crippen LogP contribution in [-0.2, 0) is 19.1 Å². The van der Waals surface area contributed by atoms with Crippen LogP contribution in [0, 0.1) is 0 Å². The van der Waals surface area contributed by atoms with Crippen LogP contribution in [0.4, 0.5) is 0 Å². The van der Waals surface area contributed by atoms with Gasteiger partial charge in [0.25, 0.3) is 5.91 Å². The first-order chi connectivity index (χ1) is 10.3. The molecule has 2 rings (SSSR count). The number of rotatable bonds is 4. The molecule has 1 unspecified atom stereocenters. The second-order valence-corrected chi connectivity index (χ2v) is 5.96. The highest BCUT2D eigenvalue weighted by Crippen LogP contribution is 2.10. The predicted octanol–water partition coefficient (Wildman–Crippen LogP) is -1.00. The van der Waals surface area contributed by atoms with Crippen molar-refractivity contribution in [2.75, 3.05) is 32.7 Å². The van der Waals surface area contributed by atoms with Crippen molar-refractivity contribution in [3.8, 4) is 0 Å². The largest absolute Gasteiger partial charge is 0.477 e. The Morgan fingerprint density at radius 1 is 1.09 bits per heavy atom. The number of carbonyl (C=O) groups is 3. The Morgan fingerprint density at radius 3 is 2.32 bits per heavy atom. The molecule has 8 nitrogen and oxygen atoms in total. The van der Waals surface area contributed by atoms with E-state index in [0.29, 0.717) is 19.0 Å². The third-order valence-electron chi connectivity index (χ3n) is 3.46. The number of nitrogens with zero attached hydrogens (tertiary/aromatic N) is 3. The van der Waals surface area contributed by atoms with Gasteiger partial charge >= 0.3 is 0 Å². The number of piperazine rings is 1. The van der Waals surface area contributed by atoms with E-state index in [1.165, 1.54) is 0 Å². The lowest BCUT2D eigenvalue weighted by Gasteiger charge is -2.35. The normalized spacial score (nSPS) is 22.5. The molecule has 0 aliphatic carbocycles. The molecule has 3 amide bonds. The first kappa shape index (κ1) is 16.6. The van der Waals surface area contributed by atoms with Crippen molar-refractivity contribution in [2.45, 2.75) is 32.9 Å². The van der Waals surface area contributed by atoms with Crippen LogP contribution in [0.25, 0.3) is 0 Å². The SMILES string of the molecule is CC(C)OC1=NC(=O)CN(C(C)CN2CC(=O)NC(=O)C2)C1. The van der Waals surface area contributed by atoms with Crippen LogP contribution in [0.5, 0.6) is 0 Å². The minimum Gasteiger partial charge on any atom is -0.477 e. The number of hydrogen-bond acceptors (Lipinski definition) is 6. The molecule has 0 spiro atoms. The number of ether oxygens (including phenoxy) is 1. The van der Waals surface area contributed by atoms with Crippen LogP contribution < -0.4 is 5.32 Å². The fourth-order valence-corrected chi connectivity index (χ4v) is 2.58. The van der Waals surface area contributed by atoms with Crippen molar-refractivity contribution >= 4 is 23.6 Å². The quantitative estimate of drug-likeness (QED) is 0.670. The number of amides is 3. The minimum absolute atomic E-state index is 0.00362. The highest BCUT2D eigenvalue weighted by Gasteiger charge is 2.29. The number of carbonyl (C=O) groups excluding carboxylic acids is 3. The molecular formula is C14H22N4O4. The zero-order valence-electron chi connectivity index (χ0n) is 13.2. The van der Waals surface area contributed by atoms with Gasteiger partial charge in [-0.15, -0.1) is 0 Å². The Bertz CT molecular complexity index is 487. The van der Waals surface area contributed by atoms with E-state index in [-0.39, 0.29) is 49.5 Å². The monoisotopic (exact) mass is 310 g/mol. The molecule has 1 N–H and O–H groups in total. The van der Waals surface area contributed by atoms with E-state index in [1.54, 1.807) is 4.90 Å². The summed E-state index contributed by atoms with van der Waals surface area (Å²) < 4.78 is 5.52. The summed E-state index contributed by atoms with van der Waals surface area (Å²) in [7, 11) is 0. The smallest absolute Gasteiger partial charge is 0.262 e. The van der Waals surface area contributed by atoms with Gasteiger partial charge in [0.15, 0.2) is 0 Å². The maximum absolute atomic E-state index is 11.7. The van der Waals surface area contributed by atoms with Crippen molar-refractivity contribution in [1.82, 2.24) is 15.1 Å².